The molecule has 130 valence electrons. The summed E-state index contributed by atoms with van der Waals surface area (Å²) in [6, 6.07) is 23.2. The van der Waals surface area contributed by atoms with E-state index >= 15 is 0 Å². The van der Waals surface area contributed by atoms with Crippen LogP contribution >= 0.6 is 11.6 Å². The summed E-state index contributed by atoms with van der Waals surface area (Å²) in [4.78, 5) is 15.0. The molecule has 0 unspecified atom stereocenters. The van der Waals surface area contributed by atoms with Crippen LogP contribution in [0.1, 0.15) is 5.56 Å². The van der Waals surface area contributed by atoms with Gasteiger partial charge in [0.05, 0.1) is 10.7 Å². The Hall–Kier alpha value is -3.11. The Morgan fingerprint density at radius 1 is 1.00 bits per heavy atom. The summed E-state index contributed by atoms with van der Waals surface area (Å²) in [6.07, 6.45) is 1.70. The minimum Gasteiger partial charge on any atom is -0.480 e. The van der Waals surface area contributed by atoms with E-state index in [1.807, 2.05) is 42.5 Å². The van der Waals surface area contributed by atoms with Gasteiger partial charge in [-0.25, -0.2) is 4.79 Å². The molecule has 0 bridgehead atoms. The lowest BCUT2D eigenvalue weighted by atomic mass is 10.1. The highest BCUT2D eigenvalue weighted by molar-refractivity contribution is 6.32. The molecule has 3 rings (SSSR count). The molecule has 0 spiro atoms. The van der Waals surface area contributed by atoms with E-state index in [1.54, 1.807) is 24.4 Å². The summed E-state index contributed by atoms with van der Waals surface area (Å²) in [6.45, 7) is -0.430. The molecule has 5 heteroatoms. The fraction of sp³-hybridized carbons (Fsp3) is 0.0476. The average Bonchev–Trinajstić information content (AvgIpc) is 2.66. The zero-order valence-electron chi connectivity index (χ0n) is 13.8. The molecule has 0 atom stereocenters. The molecule has 4 nitrogen and oxygen atoms in total. The van der Waals surface area contributed by atoms with E-state index in [1.165, 1.54) is 0 Å². The highest BCUT2D eigenvalue weighted by Gasteiger charge is 2.05. The smallest absolute Gasteiger partial charge is 0.341 e. The van der Waals surface area contributed by atoms with Gasteiger partial charge in [-0.1, -0.05) is 54.1 Å². The molecular weight excluding hydrogens is 350 g/mol. The minimum atomic E-state index is -1.05. The number of carbonyl (C=O) groups is 1. The predicted octanol–water partition coefficient (Wildman–Crippen LogP) is 5.22. The number of carboxylic acids is 1. The van der Waals surface area contributed by atoms with E-state index in [-0.39, 0.29) is 0 Å². The van der Waals surface area contributed by atoms with Crippen LogP contribution in [0.15, 0.2) is 77.8 Å². The molecule has 0 radical (unpaired) electrons. The molecular formula is C21H16ClNO3. The van der Waals surface area contributed by atoms with Gasteiger partial charge in [0.1, 0.15) is 5.75 Å². The van der Waals surface area contributed by atoms with Gasteiger partial charge in [-0.2, -0.15) is 0 Å². The van der Waals surface area contributed by atoms with E-state index in [9.17, 15) is 4.79 Å². The lowest BCUT2D eigenvalue weighted by molar-refractivity contribution is -0.139. The second kappa shape index (κ2) is 8.32. The van der Waals surface area contributed by atoms with Crippen molar-refractivity contribution in [3.8, 4) is 16.9 Å². The molecule has 3 aromatic rings. The van der Waals surface area contributed by atoms with Gasteiger partial charge >= 0.3 is 5.97 Å². The number of ether oxygens (including phenoxy) is 1. The van der Waals surface area contributed by atoms with Crippen molar-refractivity contribution >= 4 is 29.5 Å². The van der Waals surface area contributed by atoms with Gasteiger partial charge in [0, 0.05) is 6.21 Å². The topological polar surface area (TPSA) is 58.9 Å². The Morgan fingerprint density at radius 2 is 1.69 bits per heavy atom. The fourth-order valence-electron chi connectivity index (χ4n) is 2.37. The maximum absolute atomic E-state index is 10.5. The molecule has 0 saturated heterocycles. The first kappa shape index (κ1) is 17.7. The fourth-order valence-corrected chi connectivity index (χ4v) is 2.62. The Kier molecular flexibility index (Phi) is 5.66. The van der Waals surface area contributed by atoms with Gasteiger partial charge in [-0.15, -0.1) is 0 Å². The number of rotatable bonds is 6. The first-order valence-electron chi connectivity index (χ1n) is 7.95. The van der Waals surface area contributed by atoms with E-state index in [0.717, 1.165) is 22.4 Å². The standard InChI is InChI=1S/C21H16ClNO3/c22-19-12-15(6-11-20(19)26-14-21(24)25)13-23-18-9-7-17(8-10-18)16-4-2-1-3-5-16/h1-13H,14H2,(H,24,25). The van der Waals surface area contributed by atoms with Crippen molar-refractivity contribution < 1.29 is 14.6 Å². The highest BCUT2D eigenvalue weighted by atomic mass is 35.5. The van der Waals surface area contributed by atoms with Crippen LogP contribution in [0.4, 0.5) is 5.69 Å². The zero-order chi connectivity index (χ0) is 18.4. The third kappa shape index (κ3) is 4.71. The lowest BCUT2D eigenvalue weighted by Gasteiger charge is -2.06. The monoisotopic (exact) mass is 365 g/mol. The maximum atomic E-state index is 10.5. The van der Waals surface area contributed by atoms with E-state index in [4.69, 9.17) is 21.4 Å². The zero-order valence-corrected chi connectivity index (χ0v) is 14.6. The third-order valence-electron chi connectivity index (χ3n) is 3.64. The largest absolute Gasteiger partial charge is 0.480 e. The van der Waals surface area contributed by atoms with Gasteiger partial charge in [-0.05, 0) is 47.0 Å². The summed E-state index contributed by atoms with van der Waals surface area (Å²) < 4.78 is 5.10. The third-order valence-corrected chi connectivity index (χ3v) is 3.94. The molecule has 0 aliphatic carbocycles. The van der Waals surface area contributed by atoms with Crippen molar-refractivity contribution in [3.63, 3.8) is 0 Å². The summed E-state index contributed by atoms with van der Waals surface area (Å²) in [5.41, 5.74) is 3.91. The maximum Gasteiger partial charge on any atom is 0.341 e. The Morgan fingerprint density at radius 3 is 2.35 bits per heavy atom. The van der Waals surface area contributed by atoms with Gasteiger partial charge in [-0.3, -0.25) is 4.99 Å². The SMILES string of the molecule is O=C(O)COc1ccc(C=Nc2ccc(-c3ccccc3)cc2)cc1Cl. The van der Waals surface area contributed by atoms with Crippen LogP contribution in [0.3, 0.4) is 0 Å². The summed E-state index contributed by atoms with van der Waals surface area (Å²) in [7, 11) is 0. The van der Waals surface area contributed by atoms with Gasteiger partial charge in [0.15, 0.2) is 6.61 Å². The summed E-state index contributed by atoms with van der Waals surface area (Å²) in [5.74, 6) is -0.718. The van der Waals surface area contributed by atoms with E-state index in [0.29, 0.717) is 10.8 Å². The Balaban J connectivity index is 1.69. The first-order valence-corrected chi connectivity index (χ1v) is 8.33. The molecule has 0 aliphatic heterocycles. The quantitative estimate of drug-likeness (QED) is 0.609. The number of halogens is 1. The molecule has 0 saturated carbocycles. The molecule has 0 amide bonds. The van der Waals surface area contributed by atoms with Crippen LogP contribution < -0.4 is 4.74 Å². The van der Waals surface area contributed by atoms with E-state index < -0.39 is 12.6 Å². The number of hydrogen-bond donors (Lipinski definition) is 1. The van der Waals surface area contributed by atoms with Crippen molar-refractivity contribution in [3.05, 3.63) is 83.4 Å². The second-order valence-electron chi connectivity index (χ2n) is 5.54. The van der Waals surface area contributed by atoms with Crippen LogP contribution in [0.2, 0.25) is 5.02 Å². The van der Waals surface area contributed by atoms with Gasteiger partial charge in [0.2, 0.25) is 0 Å². The summed E-state index contributed by atoms with van der Waals surface area (Å²) in [5, 5.41) is 8.98. The van der Waals surface area contributed by atoms with Crippen LogP contribution in [0.5, 0.6) is 5.75 Å². The minimum absolute atomic E-state index is 0.332. The molecule has 0 aromatic heterocycles. The highest BCUT2D eigenvalue weighted by Crippen LogP contribution is 2.26. The average molecular weight is 366 g/mol. The van der Waals surface area contributed by atoms with Gasteiger partial charge in [0.25, 0.3) is 0 Å². The Bertz CT molecular complexity index is 922. The van der Waals surface area contributed by atoms with Crippen molar-refractivity contribution in [2.24, 2.45) is 4.99 Å². The van der Waals surface area contributed by atoms with Crippen molar-refractivity contribution in [1.82, 2.24) is 0 Å². The molecule has 3 aromatic carbocycles. The molecule has 0 fully saturated rings. The molecule has 0 aliphatic rings. The predicted molar refractivity (Wildman–Crippen MR) is 104 cm³/mol. The van der Waals surface area contributed by atoms with E-state index in [2.05, 4.69) is 17.1 Å². The molecule has 0 heterocycles. The number of nitrogens with zero attached hydrogens (tertiary/aromatic N) is 1. The number of benzene rings is 3. The first-order chi connectivity index (χ1) is 12.6. The molecule has 26 heavy (non-hydrogen) atoms. The number of aliphatic carboxylic acids is 1. The van der Waals surface area contributed by atoms with Crippen molar-refractivity contribution in [1.29, 1.82) is 0 Å². The van der Waals surface area contributed by atoms with Crippen molar-refractivity contribution in [2.45, 2.75) is 0 Å². The number of carboxylic acid groups (broad SMARTS) is 1. The normalized spacial score (nSPS) is 10.8. The molecule has 1 N–H and O–H groups in total. The van der Waals surface area contributed by atoms with Crippen LogP contribution in [0.25, 0.3) is 11.1 Å². The number of aliphatic imine (C=N–C) groups is 1. The number of hydrogen-bond acceptors (Lipinski definition) is 3. The second-order valence-corrected chi connectivity index (χ2v) is 5.95. The van der Waals surface area contributed by atoms with Gasteiger partial charge < -0.3 is 9.84 Å². The van der Waals surface area contributed by atoms with Crippen molar-refractivity contribution in [2.75, 3.05) is 6.61 Å². The summed E-state index contributed by atoms with van der Waals surface area (Å²) >= 11 is 6.10. The van der Waals surface area contributed by atoms with Crippen LogP contribution in [0, 0.1) is 0 Å². The Labute approximate surface area is 156 Å². The van der Waals surface area contributed by atoms with Crippen LogP contribution in [-0.4, -0.2) is 23.9 Å². The van der Waals surface area contributed by atoms with Crippen LogP contribution in [-0.2, 0) is 4.79 Å². The lowest BCUT2D eigenvalue weighted by Crippen LogP contribution is -2.09.